The SMILES string of the molecule is CC(C)N1C(N)=NCC12CCS(=O)(=O)C2. The summed E-state index contributed by atoms with van der Waals surface area (Å²) < 4.78 is 23.1. The molecule has 1 unspecified atom stereocenters. The minimum atomic E-state index is -2.90. The summed E-state index contributed by atoms with van der Waals surface area (Å²) in [6, 6.07) is 0.199. The standard InChI is InChI=1S/C9H17N3O2S/c1-7(2)12-8(10)11-5-9(12)3-4-15(13,14)6-9/h7H,3-6H2,1-2H3,(H2,10,11). The Hall–Kier alpha value is -0.780. The van der Waals surface area contributed by atoms with Crippen molar-refractivity contribution >= 4 is 15.8 Å². The minimum absolute atomic E-state index is 0.197. The summed E-state index contributed by atoms with van der Waals surface area (Å²) in [6.45, 7) is 4.55. The van der Waals surface area contributed by atoms with Gasteiger partial charge in [0.05, 0.1) is 23.6 Å². The molecule has 0 aromatic heterocycles. The highest BCUT2D eigenvalue weighted by molar-refractivity contribution is 7.91. The van der Waals surface area contributed by atoms with Crippen LogP contribution in [0.2, 0.25) is 0 Å². The van der Waals surface area contributed by atoms with Crippen LogP contribution in [0.3, 0.4) is 0 Å². The first kappa shape index (κ1) is 10.7. The molecule has 2 aliphatic rings. The van der Waals surface area contributed by atoms with E-state index in [-0.39, 0.29) is 23.1 Å². The summed E-state index contributed by atoms with van der Waals surface area (Å²) in [6.07, 6.45) is 0.651. The summed E-state index contributed by atoms with van der Waals surface area (Å²) >= 11 is 0. The van der Waals surface area contributed by atoms with E-state index < -0.39 is 9.84 Å². The molecule has 6 heteroatoms. The second-order valence-corrected chi connectivity index (χ2v) is 6.89. The van der Waals surface area contributed by atoms with Crippen LogP contribution < -0.4 is 5.73 Å². The first-order valence-corrected chi connectivity index (χ1v) is 6.98. The highest BCUT2D eigenvalue weighted by atomic mass is 32.2. The fraction of sp³-hybridized carbons (Fsp3) is 0.889. The van der Waals surface area contributed by atoms with Gasteiger partial charge in [0.2, 0.25) is 0 Å². The fourth-order valence-corrected chi connectivity index (χ4v) is 4.68. The Morgan fingerprint density at radius 3 is 2.67 bits per heavy atom. The zero-order valence-electron chi connectivity index (χ0n) is 9.10. The molecule has 1 fully saturated rings. The maximum Gasteiger partial charge on any atom is 0.192 e. The lowest BCUT2D eigenvalue weighted by Crippen LogP contribution is -2.55. The van der Waals surface area contributed by atoms with E-state index in [1.807, 2.05) is 18.7 Å². The summed E-state index contributed by atoms with van der Waals surface area (Å²) in [5.41, 5.74) is 5.45. The van der Waals surface area contributed by atoms with Crippen molar-refractivity contribution in [1.29, 1.82) is 0 Å². The van der Waals surface area contributed by atoms with Gasteiger partial charge < -0.3 is 10.6 Å². The van der Waals surface area contributed by atoms with Gasteiger partial charge in [-0.3, -0.25) is 4.99 Å². The number of aliphatic imine (C=N–C) groups is 1. The average molecular weight is 231 g/mol. The Kier molecular flexibility index (Phi) is 2.22. The summed E-state index contributed by atoms with van der Waals surface area (Å²) in [5.74, 6) is 0.948. The monoisotopic (exact) mass is 231 g/mol. The van der Waals surface area contributed by atoms with Gasteiger partial charge >= 0.3 is 0 Å². The molecule has 1 saturated heterocycles. The van der Waals surface area contributed by atoms with Gasteiger partial charge in [0, 0.05) is 6.04 Å². The van der Waals surface area contributed by atoms with Crippen molar-refractivity contribution in [2.75, 3.05) is 18.1 Å². The number of sulfone groups is 1. The zero-order valence-corrected chi connectivity index (χ0v) is 9.92. The highest BCUT2D eigenvalue weighted by Crippen LogP contribution is 2.34. The van der Waals surface area contributed by atoms with Crippen LogP contribution in [0.25, 0.3) is 0 Å². The van der Waals surface area contributed by atoms with Crippen molar-refractivity contribution in [3.8, 4) is 0 Å². The number of rotatable bonds is 1. The topological polar surface area (TPSA) is 75.8 Å². The van der Waals surface area contributed by atoms with Gasteiger partial charge in [-0.25, -0.2) is 8.42 Å². The van der Waals surface area contributed by atoms with E-state index in [0.717, 1.165) is 0 Å². The molecule has 86 valence electrons. The van der Waals surface area contributed by atoms with E-state index in [0.29, 0.717) is 18.9 Å². The van der Waals surface area contributed by atoms with Gasteiger partial charge in [0.15, 0.2) is 15.8 Å². The normalized spacial score (nSPS) is 34.1. The van der Waals surface area contributed by atoms with Crippen molar-refractivity contribution in [3.63, 3.8) is 0 Å². The van der Waals surface area contributed by atoms with Gasteiger partial charge in [-0.1, -0.05) is 0 Å². The molecule has 0 aromatic carbocycles. The maximum atomic E-state index is 11.5. The van der Waals surface area contributed by atoms with Crippen LogP contribution in [-0.2, 0) is 9.84 Å². The van der Waals surface area contributed by atoms with Crippen molar-refractivity contribution in [1.82, 2.24) is 4.90 Å². The fourth-order valence-electron chi connectivity index (χ4n) is 2.65. The number of nitrogens with zero attached hydrogens (tertiary/aromatic N) is 2. The second-order valence-electron chi connectivity index (χ2n) is 4.70. The van der Waals surface area contributed by atoms with Gasteiger partial charge in [-0.05, 0) is 20.3 Å². The predicted molar refractivity (Wildman–Crippen MR) is 59.5 cm³/mol. The average Bonchev–Trinajstić information content (AvgIpc) is 2.54. The number of nitrogens with two attached hydrogens (primary N) is 1. The van der Waals surface area contributed by atoms with Gasteiger partial charge in [0.25, 0.3) is 0 Å². The molecule has 0 saturated carbocycles. The van der Waals surface area contributed by atoms with Gasteiger partial charge in [-0.15, -0.1) is 0 Å². The zero-order chi connectivity index (χ0) is 11.3. The maximum absolute atomic E-state index is 11.5. The molecular formula is C9H17N3O2S. The molecule has 1 spiro atoms. The Morgan fingerprint density at radius 2 is 2.20 bits per heavy atom. The van der Waals surface area contributed by atoms with Crippen LogP contribution in [0.1, 0.15) is 20.3 Å². The second kappa shape index (κ2) is 3.10. The number of hydrogen-bond donors (Lipinski definition) is 1. The molecule has 5 nitrogen and oxygen atoms in total. The van der Waals surface area contributed by atoms with Gasteiger partial charge in [-0.2, -0.15) is 0 Å². The van der Waals surface area contributed by atoms with Crippen molar-refractivity contribution in [3.05, 3.63) is 0 Å². The molecule has 2 heterocycles. The molecule has 1 atom stereocenters. The van der Waals surface area contributed by atoms with Crippen LogP contribution in [0, 0.1) is 0 Å². The summed E-state index contributed by atoms with van der Waals surface area (Å²) in [7, 11) is -2.90. The summed E-state index contributed by atoms with van der Waals surface area (Å²) in [4.78, 5) is 6.17. The predicted octanol–water partition coefficient (Wildman–Crippen LogP) is -0.418. The third-order valence-electron chi connectivity index (χ3n) is 3.18. The molecule has 0 aliphatic carbocycles. The lowest BCUT2D eigenvalue weighted by Gasteiger charge is -2.38. The quantitative estimate of drug-likeness (QED) is 0.665. The molecular weight excluding hydrogens is 214 g/mol. The third kappa shape index (κ3) is 1.60. The summed E-state index contributed by atoms with van der Waals surface area (Å²) in [5, 5.41) is 0. The van der Waals surface area contributed by atoms with Crippen LogP contribution >= 0.6 is 0 Å². The lowest BCUT2D eigenvalue weighted by atomic mass is 9.97. The van der Waals surface area contributed by atoms with E-state index in [9.17, 15) is 8.42 Å². The molecule has 0 bridgehead atoms. The molecule has 2 N–H and O–H groups in total. The van der Waals surface area contributed by atoms with Crippen LogP contribution in [0.15, 0.2) is 4.99 Å². The Bertz CT molecular complexity index is 402. The Labute approximate surface area is 90.3 Å². The van der Waals surface area contributed by atoms with E-state index in [2.05, 4.69) is 4.99 Å². The molecule has 0 amide bonds. The van der Waals surface area contributed by atoms with Crippen molar-refractivity contribution in [2.45, 2.75) is 31.8 Å². The molecule has 0 aromatic rings. The minimum Gasteiger partial charge on any atom is -0.370 e. The van der Waals surface area contributed by atoms with E-state index in [4.69, 9.17) is 5.73 Å². The first-order chi connectivity index (χ1) is 6.86. The van der Waals surface area contributed by atoms with Crippen LogP contribution in [-0.4, -0.2) is 48.9 Å². The van der Waals surface area contributed by atoms with E-state index >= 15 is 0 Å². The molecule has 2 aliphatic heterocycles. The molecule has 0 radical (unpaired) electrons. The first-order valence-electron chi connectivity index (χ1n) is 5.16. The molecule has 15 heavy (non-hydrogen) atoms. The Morgan fingerprint density at radius 1 is 1.53 bits per heavy atom. The van der Waals surface area contributed by atoms with Crippen molar-refractivity contribution in [2.24, 2.45) is 10.7 Å². The smallest absolute Gasteiger partial charge is 0.192 e. The third-order valence-corrected chi connectivity index (χ3v) is 4.98. The Balaban J connectivity index is 2.32. The van der Waals surface area contributed by atoms with Crippen molar-refractivity contribution < 1.29 is 8.42 Å². The molecule has 2 rings (SSSR count). The largest absolute Gasteiger partial charge is 0.370 e. The van der Waals surface area contributed by atoms with Crippen LogP contribution in [0.5, 0.6) is 0 Å². The highest BCUT2D eigenvalue weighted by Gasteiger charge is 2.50. The number of guanidine groups is 1. The van der Waals surface area contributed by atoms with E-state index in [1.165, 1.54) is 0 Å². The lowest BCUT2D eigenvalue weighted by molar-refractivity contribution is 0.190. The van der Waals surface area contributed by atoms with Gasteiger partial charge in [0.1, 0.15) is 0 Å². The number of hydrogen-bond acceptors (Lipinski definition) is 5. The van der Waals surface area contributed by atoms with Crippen LogP contribution in [0.4, 0.5) is 0 Å². The van der Waals surface area contributed by atoms with E-state index in [1.54, 1.807) is 0 Å².